The van der Waals surface area contributed by atoms with E-state index in [0.29, 0.717) is 12.3 Å². The summed E-state index contributed by atoms with van der Waals surface area (Å²) >= 11 is 0. The Morgan fingerprint density at radius 2 is 2.21 bits per heavy atom. The van der Waals surface area contributed by atoms with Gasteiger partial charge in [-0.05, 0) is 37.3 Å². The predicted octanol–water partition coefficient (Wildman–Crippen LogP) is 2.64. The number of imidazole rings is 1. The van der Waals surface area contributed by atoms with Gasteiger partial charge in [-0.25, -0.2) is 9.78 Å². The van der Waals surface area contributed by atoms with Gasteiger partial charge in [0.05, 0.1) is 25.2 Å². The van der Waals surface area contributed by atoms with Gasteiger partial charge in [-0.3, -0.25) is 0 Å². The van der Waals surface area contributed by atoms with Crippen molar-refractivity contribution in [3.63, 3.8) is 0 Å². The maximum Gasteiger partial charge on any atom is 0.356 e. The second-order valence-corrected chi connectivity index (χ2v) is 5.25. The van der Waals surface area contributed by atoms with Crippen LogP contribution in [0.25, 0.3) is 0 Å². The second-order valence-electron chi connectivity index (χ2n) is 5.25. The highest BCUT2D eigenvalue weighted by Crippen LogP contribution is 2.33. The molecule has 0 radical (unpaired) electrons. The zero-order valence-corrected chi connectivity index (χ0v) is 13.3. The van der Waals surface area contributed by atoms with Gasteiger partial charge in [0.15, 0.2) is 0 Å². The van der Waals surface area contributed by atoms with Gasteiger partial charge in [0, 0.05) is 0 Å². The normalized spacial score (nSPS) is 15.6. The van der Waals surface area contributed by atoms with Crippen LogP contribution in [-0.2, 0) is 11.2 Å². The zero-order chi connectivity index (χ0) is 17.5. The van der Waals surface area contributed by atoms with Gasteiger partial charge in [0.1, 0.15) is 5.69 Å². The van der Waals surface area contributed by atoms with Gasteiger partial charge in [0.25, 0.3) is 5.09 Å². The third-order valence-corrected chi connectivity index (χ3v) is 3.82. The van der Waals surface area contributed by atoms with Crippen molar-refractivity contribution in [2.24, 2.45) is 0 Å². The van der Waals surface area contributed by atoms with E-state index in [4.69, 9.17) is 20.1 Å². The molecule has 1 aliphatic carbocycles. The fourth-order valence-electron chi connectivity index (χ4n) is 2.93. The van der Waals surface area contributed by atoms with Gasteiger partial charge < -0.3 is 14.5 Å². The van der Waals surface area contributed by atoms with Crippen LogP contribution in [0.1, 0.15) is 47.4 Å². The first-order valence-electron chi connectivity index (χ1n) is 7.64. The van der Waals surface area contributed by atoms with E-state index in [1.165, 1.54) is 11.1 Å². The lowest BCUT2D eigenvalue weighted by Gasteiger charge is -2.27. The molecule has 0 aliphatic heterocycles. The van der Waals surface area contributed by atoms with Crippen LogP contribution >= 0.6 is 0 Å². The molecule has 0 spiro atoms. The van der Waals surface area contributed by atoms with Crippen LogP contribution in [0.15, 0.2) is 36.8 Å². The van der Waals surface area contributed by atoms with Crippen LogP contribution in [0.3, 0.4) is 0 Å². The van der Waals surface area contributed by atoms with Crippen LogP contribution < -0.4 is 0 Å². The highest BCUT2D eigenvalue weighted by atomic mass is 16.9. The summed E-state index contributed by atoms with van der Waals surface area (Å²) < 4.78 is 7.06. The highest BCUT2D eigenvalue weighted by Gasteiger charge is 2.25. The first kappa shape index (κ1) is 17.5. The van der Waals surface area contributed by atoms with Gasteiger partial charge in [0.2, 0.25) is 0 Å². The Labute approximate surface area is 138 Å². The number of carbonyl (C=O) groups excluding carboxylic acids is 1. The molecule has 1 aliphatic rings. The fourth-order valence-corrected chi connectivity index (χ4v) is 2.93. The summed E-state index contributed by atoms with van der Waals surface area (Å²) in [6.07, 6.45) is 6.59. The van der Waals surface area contributed by atoms with E-state index in [9.17, 15) is 4.79 Å². The molecule has 0 saturated heterocycles. The molecule has 128 valence electrons. The van der Waals surface area contributed by atoms with Crippen LogP contribution in [0.4, 0.5) is 0 Å². The molecule has 0 amide bonds. The van der Waals surface area contributed by atoms with Gasteiger partial charge >= 0.3 is 5.97 Å². The van der Waals surface area contributed by atoms with E-state index >= 15 is 0 Å². The molecule has 3 rings (SSSR count). The van der Waals surface area contributed by atoms with Gasteiger partial charge in [-0.2, -0.15) is 0 Å². The molecule has 8 nitrogen and oxygen atoms in total. The van der Waals surface area contributed by atoms with Crippen molar-refractivity contribution in [1.29, 1.82) is 0 Å². The van der Waals surface area contributed by atoms with Crippen LogP contribution in [0.2, 0.25) is 0 Å². The molecule has 1 heterocycles. The number of carbonyl (C=O) groups is 1. The molecule has 24 heavy (non-hydrogen) atoms. The first-order valence-corrected chi connectivity index (χ1v) is 7.64. The summed E-state index contributed by atoms with van der Waals surface area (Å²) in [6.45, 7) is 2.19. The SMILES string of the molecule is CCOC(=O)c1cncn1[C@H]1CCCc2ccccc21.O=[N+]([O-])O. The Balaban J connectivity index is 0.000000471. The molecule has 1 atom stereocenters. The lowest BCUT2D eigenvalue weighted by Crippen LogP contribution is -2.21. The molecular formula is C16H19N3O5. The number of rotatable bonds is 3. The van der Waals surface area contributed by atoms with E-state index in [1.807, 2.05) is 11.5 Å². The predicted molar refractivity (Wildman–Crippen MR) is 84.5 cm³/mol. The fraction of sp³-hybridized carbons (Fsp3) is 0.375. The number of benzene rings is 1. The molecule has 0 bridgehead atoms. The number of aromatic nitrogens is 2. The first-order chi connectivity index (χ1) is 11.5. The highest BCUT2D eigenvalue weighted by molar-refractivity contribution is 5.87. The lowest BCUT2D eigenvalue weighted by molar-refractivity contribution is -0.742. The minimum absolute atomic E-state index is 0.182. The van der Waals surface area contributed by atoms with E-state index in [1.54, 1.807) is 12.5 Å². The van der Waals surface area contributed by atoms with E-state index in [0.717, 1.165) is 19.3 Å². The molecule has 0 fully saturated rings. The van der Waals surface area contributed by atoms with Crippen molar-refractivity contribution >= 4 is 5.97 Å². The number of hydrogen-bond acceptors (Lipinski definition) is 5. The summed E-state index contributed by atoms with van der Waals surface area (Å²) in [4.78, 5) is 24.5. The van der Waals surface area contributed by atoms with Crippen molar-refractivity contribution in [1.82, 2.24) is 9.55 Å². The molecule has 0 saturated carbocycles. The number of ether oxygens (including phenoxy) is 1. The monoisotopic (exact) mass is 333 g/mol. The Bertz CT molecular complexity index is 709. The zero-order valence-electron chi connectivity index (χ0n) is 13.3. The van der Waals surface area contributed by atoms with E-state index in [2.05, 4.69) is 29.2 Å². The van der Waals surface area contributed by atoms with Crippen molar-refractivity contribution in [2.45, 2.75) is 32.2 Å². The molecule has 8 heteroatoms. The van der Waals surface area contributed by atoms with Gasteiger partial charge in [-0.15, -0.1) is 10.1 Å². The average molecular weight is 333 g/mol. The summed E-state index contributed by atoms with van der Waals surface area (Å²) in [5.74, 6) is -0.298. The third-order valence-electron chi connectivity index (χ3n) is 3.82. The van der Waals surface area contributed by atoms with Crippen molar-refractivity contribution in [2.75, 3.05) is 6.61 Å². The number of esters is 1. The largest absolute Gasteiger partial charge is 0.461 e. The average Bonchev–Trinajstić information content (AvgIpc) is 3.03. The minimum atomic E-state index is -1.50. The molecular weight excluding hydrogens is 314 g/mol. The molecule has 0 unspecified atom stereocenters. The smallest absolute Gasteiger partial charge is 0.356 e. The van der Waals surface area contributed by atoms with Crippen LogP contribution in [0.5, 0.6) is 0 Å². The second kappa shape index (κ2) is 8.09. The topological polar surface area (TPSA) is 107 Å². The maximum absolute atomic E-state index is 12.0. The van der Waals surface area contributed by atoms with Crippen molar-refractivity contribution < 1.29 is 19.8 Å². The molecule has 1 aromatic heterocycles. The van der Waals surface area contributed by atoms with Crippen LogP contribution in [0, 0.1) is 10.1 Å². The number of aryl methyl sites for hydroxylation is 1. The Kier molecular flexibility index (Phi) is 5.89. The molecule has 1 N–H and O–H groups in total. The van der Waals surface area contributed by atoms with Crippen molar-refractivity contribution in [3.8, 4) is 0 Å². The van der Waals surface area contributed by atoms with Crippen molar-refractivity contribution in [3.05, 3.63) is 63.7 Å². The quantitative estimate of drug-likeness (QED) is 0.525. The standard InChI is InChI=1S/C16H18N2O2.HNO3/c1-2-20-16(19)15-10-17-11-18(15)14-9-5-7-12-6-3-4-8-13(12)14;2-1(3)4/h3-4,6,8,10-11,14H,2,5,7,9H2,1H3;(H,2,3,4)/t14-;/m0./s1. The summed E-state index contributed by atoms with van der Waals surface area (Å²) in [7, 11) is 0. The maximum atomic E-state index is 12.0. The summed E-state index contributed by atoms with van der Waals surface area (Å²) in [5, 5.41) is 13.6. The molecule has 2 aromatic rings. The Hall–Kier alpha value is -2.90. The van der Waals surface area contributed by atoms with E-state index < -0.39 is 5.09 Å². The summed E-state index contributed by atoms with van der Waals surface area (Å²) in [6, 6.07) is 8.62. The minimum Gasteiger partial charge on any atom is -0.461 e. The van der Waals surface area contributed by atoms with Gasteiger partial charge in [-0.1, -0.05) is 24.3 Å². The number of nitrogens with zero attached hydrogens (tertiary/aromatic N) is 3. The Morgan fingerprint density at radius 1 is 1.50 bits per heavy atom. The number of fused-ring (bicyclic) bond motifs is 1. The van der Waals surface area contributed by atoms with Crippen LogP contribution in [-0.4, -0.2) is 32.4 Å². The van der Waals surface area contributed by atoms with E-state index in [-0.39, 0.29) is 12.0 Å². The molecule has 1 aromatic carbocycles. The summed E-state index contributed by atoms with van der Waals surface area (Å²) in [5.41, 5.74) is 3.20. The third kappa shape index (κ3) is 4.09. The lowest BCUT2D eigenvalue weighted by atomic mass is 9.87. The Morgan fingerprint density at radius 3 is 2.92 bits per heavy atom. The number of hydrogen-bond donors (Lipinski definition) is 1.